The molecule has 29 heavy (non-hydrogen) atoms. The Morgan fingerprint density at radius 3 is 2.07 bits per heavy atom. The minimum Gasteiger partial charge on any atom is -0.419 e. The molecule has 0 N–H and O–H groups in total. The first-order valence-corrected chi connectivity index (χ1v) is 11.2. The summed E-state index contributed by atoms with van der Waals surface area (Å²) in [6.07, 6.45) is 20.5. The predicted octanol–water partition coefficient (Wildman–Crippen LogP) is 7.54. The first-order valence-electron chi connectivity index (χ1n) is 11.2. The number of nitro groups is 1. The topological polar surface area (TPSA) is 69.4 Å². The van der Waals surface area contributed by atoms with Gasteiger partial charge in [-0.2, -0.15) is 0 Å². The van der Waals surface area contributed by atoms with Gasteiger partial charge in [0.2, 0.25) is 5.75 Å². The van der Waals surface area contributed by atoms with E-state index in [0.717, 1.165) is 25.7 Å². The van der Waals surface area contributed by atoms with Gasteiger partial charge in [-0.25, -0.2) is 0 Å². The number of hydrogen-bond acceptors (Lipinski definition) is 4. The van der Waals surface area contributed by atoms with Crippen LogP contribution >= 0.6 is 0 Å². The van der Waals surface area contributed by atoms with Crippen molar-refractivity contribution < 1.29 is 14.5 Å². The highest BCUT2D eigenvalue weighted by molar-refractivity contribution is 5.73. The van der Waals surface area contributed by atoms with Crippen LogP contribution < -0.4 is 4.74 Å². The Morgan fingerprint density at radius 2 is 1.45 bits per heavy atom. The number of esters is 1. The Labute approximate surface area is 175 Å². The molecule has 1 rings (SSSR count). The molecule has 0 aromatic heterocycles. The van der Waals surface area contributed by atoms with Gasteiger partial charge in [-0.1, -0.05) is 82.6 Å². The van der Waals surface area contributed by atoms with Crippen LogP contribution in [0.3, 0.4) is 0 Å². The van der Waals surface area contributed by atoms with E-state index in [1.807, 2.05) is 0 Å². The highest BCUT2D eigenvalue weighted by atomic mass is 16.6. The molecule has 162 valence electrons. The molecule has 0 amide bonds. The summed E-state index contributed by atoms with van der Waals surface area (Å²) in [6.45, 7) is 2.25. The summed E-state index contributed by atoms with van der Waals surface area (Å²) in [4.78, 5) is 22.3. The fourth-order valence-electron chi connectivity index (χ4n) is 3.21. The van der Waals surface area contributed by atoms with Crippen molar-refractivity contribution in [1.82, 2.24) is 0 Å². The summed E-state index contributed by atoms with van der Waals surface area (Å²) in [6, 6.07) is 5.97. The second kappa shape index (κ2) is 16.8. The minimum atomic E-state index is -0.537. The maximum absolute atomic E-state index is 11.9. The molecule has 0 fully saturated rings. The van der Waals surface area contributed by atoms with Gasteiger partial charge in [0.1, 0.15) is 0 Å². The second-order valence-electron chi connectivity index (χ2n) is 7.53. The quantitative estimate of drug-likeness (QED) is 0.0672. The Bertz CT molecular complexity index is 613. The molecule has 0 saturated carbocycles. The number of para-hydroxylation sites is 2. The van der Waals surface area contributed by atoms with Crippen molar-refractivity contribution in [2.24, 2.45) is 0 Å². The van der Waals surface area contributed by atoms with E-state index in [4.69, 9.17) is 4.74 Å². The number of hydrogen-bond donors (Lipinski definition) is 0. The molecule has 0 aliphatic carbocycles. The van der Waals surface area contributed by atoms with Crippen molar-refractivity contribution in [3.05, 3.63) is 46.5 Å². The Morgan fingerprint density at radius 1 is 0.897 bits per heavy atom. The fourth-order valence-corrected chi connectivity index (χ4v) is 3.21. The summed E-state index contributed by atoms with van der Waals surface area (Å²) < 4.78 is 5.14. The summed E-state index contributed by atoms with van der Waals surface area (Å²) >= 11 is 0. The first-order chi connectivity index (χ1) is 14.1. The molecule has 1 aromatic carbocycles. The minimum absolute atomic E-state index is 0.0234. The van der Waals surface area contributed by atoms with Gasteiger partial charge in [-0.15, -0.1) is 0 Å². The van der Waals surface area contributed by atoms with E-state index in [2.05, 4.69) is 19.1 Å². The van der Waals surface area contributed by atoms with Crippen LogP contribution in [0.15, 0.2) is 36.4 Å². The van der Waals surface area contributed by atoms with Crippen LogP contribution in [-0.2, 0) is 4.79 Å². The molecule has 0 radical (unpaired) electrons. The van der Waals surface area contributed by atoms with Gasteiger partial charge >= 0.3 is 11.7 Å². The Balaban J connectivity index is 1.97. The molecule has 0 heterocycles. The lowest BCUT2D eigenvalue weighted by atomic mass is 10.1. The lowest BCUT2D eigenvalue weighted by molar-refractivity contribution is -0.385. The first kappa shape index (κ1) is 24.9. The molecule has 0 aliphatic rings. The number of unbranched alkanes of at least 4 members (excludes halogenated alkanes) is 11. The molecule has 5 heteroatoms. The van der Waals surface area contributed by atoms with Crippen molar-refractivity contribution in [3.63, 3.8) is 0 Å². The molecule has 0 spiro atoms. The van der Waals surface area contributed by atoms with Gasteiger partial charge in [0.05, 0.1) is 4.92 Å². The molecule has 0 atom stereocenters. The zero-order chi connectivity index (χ0) is 21.2. The maximum atomic E-state index is 11.9. The van der Waals surface area contributed by atoms with E-state index in [9.17, 15) is 14.9 Å². The standard InChI is InChI=1S/C24H37NO4/c1-2-3-4-5-6-7-8-9-10-11-12-13-14-15-16-21-24(26)29-23-20-18-17-19-22(23)25(27)28/h9-10,17-20H,2-8,11-16,21H2,1H3. The molecule has 0 unspecified atom stereocenters. The molecule has 1 aromatic rings. The van der Waals surface area contributed by atoms with Crippen LogP contribution in [0.5, 0.6) is 5.75 Å². The number of benzene rings is 1. The number of carbonyl (C=O) groups is 1. The Kier molecular flexibility index (Phi) is 14.4. The van der Waals surface area contributed by atoms with Gasteiger partial charge in [0, 0.05) is 12.5 Å². The van der Waals surface area contributed by atoms with E-state index in [-0.39, 0.29) is 11.4 Å². The molecule has 0 saturated heterocycles. The van der Waals surface area contributed by atoms with Crippen molar-refractivity contribution in [2.75, 3.05) is 0 Å². The Hall–Kier alpha value is -2.17. The second-order valence-corrected chi connectivity index (χ2v) is 7.53. The summed E-state index contributed by atoms with van der Waals surface area (Å²) in [7, 11) is 0. The van der Waals surface area contributed by atoms with Gasteiger partial charge in [-0.05, 0) is 38.2 Å². The van der Waals surface area contributed by atoms with Crippen molar-refractivity contribution in [2.45, 2.75) is 96.8 Å². The van der Waals surface area contributed by atoms with Crippen molar-refractivity contribution >= 4 is 11.7 Å². The zero-order valence-electron chi connectivity index (χ0n) is 17.9. The average Bonchev–Trinajstić information content (AvgIpc) is 2.71. The average molecular weight is 404 g/mol. The van der Waals surface area contributed by atoms with Crippen LogP contribution in [0.25, 0.3) is 0 Å². The molecule has 0 aliphatic heterocycles. The highest BCUT2D eigenvalue weighted by Gasteiger charge is 2.16. The smallest absolute Gasteiger partial charge is 0.311 e. The van der Waals surface area contributed by atoms with Crippen LogP contribution in [0.1, 0.15) is 96.8 Å². The molecular weight excluding hydrogens is 366 g/mol. The number of nitro benzene ring substituents is 1. The summed E-state index contributed by atoms with van der Waals surface area (Å²) in [5, 5.41) is 10.9. The monoisotopic (exact) mass is 403 g/mol. The highest BCUT2D eigenvalue weighted by Crippen LogP contribution is 2.26. The summed E-state index contributed by atoms with van der Waals surface area (Å²) in [5.74, 6) is -0.382. The van der Waals surface area contributed by atoms with E-state index < -0.39 is 10.9 Å². The van der Waals surface area contributed by atoms with Gasteiger partial charge in [0.15, 0.2) is 0 Å². The summed E-state index contributed by atoms with van der Waals surface area (Å²) in [5.41, 5.74) is -0.176. The predicted molar refractivity (Wildman–Crippen MR) is 118 cm³/mol. The van der Waals surface area contributed by atoms with E-state index >= 15 is 0 Å². The number of rotatable bonds is 17. The van der Waals surface area contributed by atoms with Crippen LogP contribution in [0.4, 0.5) is 5.69 Å². The largest absolute Gasteiger partial charge is 0.419 e. The molecule has 5 nitrogen and oxygen atoms in total. The van der Waals surface area contributed by atoms with E-state index in [1.165, 1.54) is 69.9 Å². The van der Waals surface area contributed by atoms with E-state index in [0.29, 0.717) is 6.42 Å². The normalized spacial score (nSPS) is 11.1. The fraction of sp³-hybridized carbons (Fsp3) is 0.625. The van der Waals surface area contributed by atoms with Gasteiger partial charge in [0.25, 0.3) is 0 Å². The number of allylic oxidation sites excluding steroid dienone is 2. The SMILES string of the molecule is CCCCCCCCC=CCCCCCCCC(=O)Oc1ccccc1[N+](=O)[O-]. The van der Waals surface area contributed by atoms with Gasteiger partial charge in [-0.3, -0.25) is 14.9 Å². The van der Waals surface area contributed by atoms with Crippen LogP contribution in [-0.4, -0.2) is 10.9 Å². The lowest BCUT2D eigenvalue weighted by Gasteiger charge is -2.05. The van der Waals surface area contributed by atoms with E-state index in [1.54, 1.807) is 12.1 Å². The van der Waals surface area contributed by atoms with Crippen LogP contribution in [0.2, 0.25) is 0 Å². The number of carbonyl (C=O) groups excluding carboxylic acids is 1. The lowest BCUT2D eigenvalue weighted by Crippen LogP contribution is -2.08. The third-order valence-corrected chi connectivity index (χ3v) is 4.93. The van der Waals surface area contributed by atoms with Gasteiger partial charge < -0.3 is 4.74 Å². The third kappa shape index (κ3) is 12.8. The van der Waals surface area contributed by atoms with Crippen molar-refractivity contribution in [3.8, 4) is 5.75 Å². The van der Waals surface area contributed by atoms with Crippen LogP contribution in [0, 0.1) is 10.1 Å². The van der Waals surface area contributed by atoms with Crippen molar-refractivity contribution in [1.29, 1.82) is 0 Å². The number of nitrogens with zero attached hydrogens (tertiary/aromatic N) is 1. The third-order valence-electron chi connectivity index (χ3n) is 4.93. The zero-order valence-corrected chi connectivity index (χ0v) is 17.9. The maximum Gasteiger partial charge on any atom is 0.311 e. The molecular formula is C24H37NO4. The molecule has 0 bridgehead atoms. The number of ether oxygens (including phenoxy) is 1.